The average Bonchev–Trinajstić information content (AvgIpc) is 2.05. The molecule has 0 rings (SSSR count). The first-order chi connectivity index (χ1) is 9.38. The van der Waals surface area contributed by atoms with Crippen LogP contribution >= 0.6 is 30.4 Å². The molecule has 0 atom stereocenters. The topological polar surface area (TPSA) is 237 Å². The molecule has 0 bridgehead atoms. The molecule has 0 saturated carbocycles. The Labute approximate surface area is 124 Å². The van der Waals surface area contributed by atoms with Crippen molar-refractivity contribution in [3.8, 4) is 0 Å². The first-order valence-corrected chi connectivity index (χ1v) is 12.3. The van der Waals surface area contributed by atoms with Gasteiger partial charge in [0.2, 0.25) is 0 Å². The lowest BCUT2D eigenvalue weighted by atomic mass is 11.0. The van der Waals surface area contributed by atoms with Gasteiger partial charge in [0.25, 0.3) is 0 Å². The smallest absolute Gasteiger partial charge is 0.323 e. The van der Waals surface area contributed by atoms with Crippen LogP contribution in [0.2, 0.25) is 0 Å². The number of hydrogen-bond acceptors (Lipinski definition) is 6. The van der Waals surface area contributed by atoms with E-state index in [-0.39, 0.29) is 10.0 Å². The lowest BCUT2D eigenvalue weighted by Crippen LogP contribution is -2.44. The lowest BCUT2D eigenvalue weighted by Gasteiger charge is -2.34. The molecule has 0 saturated heterocycles. The van der Waals surface area contributed by atoms with Crippen molar-refractivity contribution >= 4 is 30.4 Å². The summed E-state index contributed by atoms with van der Waals surface area (Å²) in [7, 11) is -19.8. The molecule has 0 aromatic heterocycles. The Morgan fingerprint density at radius 2 is 0.591 bits per heavy atom. The summed E-state index contributed by atoms with van der Waals surface area (Å²) in [5.41, 5.74) is 0. The Balaban J connectivity index is 5.59. The van der Waals surface area contributed by atoms with Gasteiger partial charge in [0.05, 0.1) is 0 Å². The minimum atomic E-state index is -4.96. The predicted octanol–water partition coefficient (Wildman–Crippen LogP) is -1.95. The zero-order valence-electron chi connectivity index (χ0n) is 10.7. The fourth-order valence-electron chi connectivity index (χ4n) is 1.30. The molecule has 0 aromatic rings. The third-order valence-electron chi connectivity index (χ3n) is 1.79. The molecule has 0 amide bonds. The van der Waals surface area contributed by atoms with Crippen LogP contribution < -0.4 is 0 Å². The van der Waals surface area contributed by atoms with E-state index in [2.05, 4.69) is 0 Å². The van der Waals surface area contributed by atoms with Crippen molar-refractivity contribution in [1.82, 2.24) is 10.0 Å². The van der Waals surface area contributed by atoms with Gasteiger partial charge in [0, 0.05) is 0 Å². The van der Waals surface area contributed by atoms with Crippen LogP contribution in [0.25, 0.3) is 0 Å². The van der Waals surface area contributed by atoms with Crippen LogP contribution in [0.4, 0.5) is 0 Å². The van der Waals surface area contributed by atoms with E-state index in [1.165, 1.54) is 0 Å². The molecule has 18 heteroatoms. The molecule has 0 spiro atoms. The summed E-state index contributed by atoms with van der Waals surface area (Å²) in [6.45, 7) is 0. The number of hydrogen-bond donors (Lipinski definition) is 8. The molecule has 0 radical (unpaired) electrons. The Morgan fingerprint density at radius 1 is 0.455 bits per heavy atom. The van der Waals surface area contributed by atoms with Gasteiger partial charge in [-0.25, -0.2) is 10.0 Å². The maximum atomic E-state index is 10.9. The molecule has 0 aromatic carbocycles. The average molecular weight is 408 g/mol. The third-order valence-corrected chi connectivity index (χ3v) is 4.57. The number of nitrogens with zero attached hydrogens (tertiary/aromatic N) is 2. The van der Waals surface area contributed by atoms with Crippen LogP contribution in [-0.2, 0) is 18.3 Å². The lowest BCUT2D eigenvalue weighted by molar-refractivity contribution is 0.0251. The summed E-state index contributed by atoms with van der Waals surface area (Å²) < 4.78 is 43.8. The van der Waals surface area contributed by atoms with Crippen molar-refractivity contribution < 1.29 is 57.4 Å². The summed E-state index contributed by atoms with van der Waals surface area (Å²) in [5.74, 6) is 0. The summed E-state index contributed by atoms with van der Waals surface area (Å²) in [5, 5.41) is 0.222. The quantitative estimate of drug-likeness (QED) is 0.153. The highest BCUT2D eigenvalue weighted by atomic mass is 31.2. The van der Waals surface area contributed by atoms with E-state index >= 15 is 0 Å². The molecule has 14 nitrogen and oxygen atoms in total. The summed E-state index contributed by atoms with van der Waals surface area (Å²) >= 11 is 0. The Hall–Kier alpha value is 0.520. The van der Waals surface area contributed by atoms with Crippen molar-refractivity contribution in [3.05, 3.63) is 0 Å². The van der Waals surface area contributed by atoms with E-state index in [0.717, 1.165) is 0 Å². The predicted molar refractivity (Wildman–Crippen MR) is 71.3 cm³/mol. The summed E-state index contributed by atoms with van der Waals surface area (Å²) in [4.78, 5) is 70.7. The van der Waals surface area contributed by atoms with Crippen molar-refractivity contribution in [2.75, 3.05) is 25.1 Å². The van der Waals surface area contributed by atoms with Crippen LogP contribution in [0.3, 0.4) is 0 Å². The van der Waals surface area contributed by atoms with Gasteiger partial charge in [-0.1, -0.05) is 0 Å². The minimum Gasteiger partial charge on any atom is -0.323 e. The molecule has 8 N–H and O–H groups in total. The molecule has 0 aliphatic rings. The number of rotatable bonds is 9. The van der Waals surface area contributed by atoms with E-state index in [1.54, 1.807) is 0 Å². The van der Waals surface area contributed by atoms with Gasteiger partial charge in [0.1, 0.15) is 25.1 Å². The molecule has 134 valence electrons. The van der Waals surface area contributed by atoms with Gasteiger partial charge in [-0.3, -0.25) is 18.3 Å². The van der Waals surface area contributed by atoms with Crippen molar-refractivity contribution in [1.29, 1.82) is 0 Å². The van der Waals surface area contributed by atoms with Gasteiger partial charge in [0.15, 0.2) is 0 Å². The first-order valence-electron chi connectivity index (χ1n) is 5.06. The van der Waals surface area contributed by atoms with Gasteiger partial charge in [-0.15, -0.1) is 0 Å². The maximum absolute atomic E-state index is 10.9. The molecular formula is C4H16N2O12P4. The molecule has 0 unspecified atom stereocenters. The van der Waals surface area contributed by atoms with E-state index in [4.69, 9.17) is 39.1 Å². The SMILES string of the molecule is O=P(O)(O)CN(CP(=O)(O)O)N(CP(=O)(O)O)CP(=O)(O)O. The van der Waals surface area contributed by atoms with Crippen LogP contribution in [0.15, 0.2) is 0 Å². The second-order valence-electron chi connectivity index (χ2n) is 4.24. The minimum absolute atomic E-state index is 0.111. The number of hydrazine groups is 1. The molecular weight excluding hydrogens is 392 g/mol. The largest absolute Gasteiger partial charge is 0.340 e. The van der Waals surface area contributed by atoms with Gasteiger partial charge in [-0.05, 0) is 0 Å². The Kier molecular flexibility index (Phi) is 7.78. The van der Waals surface area contributed by atoms with Crippen molar-refractivity contribution in [2.24, 2.45) is 0 Å². The molecule has 22 heavy (non-hydrogen) atoms. The molecule has 0 aliphatic heterocycles. The fourth-order valence-corrected chi connectivity index (χ4v) is 4.43. The second kappa shape index (κ2) is 7.60. The normalized spacial score (nSPS) is 14.8. The Bertz CT molecular complexity index is 455. The highest BCUT2D eigenvalue weighted by Gasteiger charge is 2.36. The maximum Gasteiger partial charge on any atom is 0.340 e. The van der Waals surface area contributed by atoms with Crippen LogP contribution in [0, 0.1) is 0 Å². The standard InChI is InChI=1S/C4H16N2O12P4/c7-19(8,9)1-5(2-20(10,11)12)6(3-21(13,14)15)4-22(16,17)18/h1-4H2,(H2,7,8,9)(H2,10,11,12)(H2,13,14,15)(H2,16,17,18). The zero-order valence-corrected chi connectivity index (χ0v) is 14.3. The van der Waals surface area contributed by atoms with Gasteiger partial charge >= 0.3 is 30.4 Å². The monoisotopic (exact) mass is 408 g/mol. The summed E-state index contributed by atoms with van der Waals surface area (Å²) in [6.07, 6.45) is -5.62. The van der Waals surface area contributed by atoms with Crippen molar-refractivity contribution in [2.45, 2.75) is 0 Å². The highest BCUT2D eigenvalue weighted by Crippen LogP contribution is 2.46. The first kappa shape index (κ1) is 22.5. The van der Waals surface area contributed by atoms with Crippen molar-refractivity contribution in [3.63, 3.8) is 0 Å². The van der Waals surface area contributed by atoms with E-state index < -0.39 is 55.5 Å². The highest BCUT2D eigenvalue weighted by molar-refractivity contribution is 7.53. The van der Waals surface area contributed by atoms with Crippen LogP contribution in [-0.4, -0.2) is 74.3 Å². The van der Waals surface area contributed by atoms with E-state index in [9.17, 15) is 18.3 Å². The van der Waals surface area contributed by atoms with Gasteiger partial charge in [-0.2, -0.15) is 0 Å². The third kappa shape index (κ3) is 13.0. The zero-order chi connectivity index (χ0) is 18.0. The fraction of sp³-hybridized carbons (Fsp3) is 1.00. The molecule has 0 heterocycles. The molecule has 0 aliphatic carbocycles. The van der Waals surface area contributed by atoms with Gasteiger partial charge < -0.3 is 39.1 Å². The molecule has 0 fully saturated rings. The van der Waals surface area contributed by atoms with E-state index in [0.29, 0.717) is 0 Å². The Morgan fingerprint density at radius 3 is 0.682 bits per heavy atom. The van der Waals surface area contributed by atoms with Crippen LogP contribution in [0.1, 0.15) is 0 Å². The van der Waals surface area contributed by atoms with Crippen LogP contribution in [0.5, 0.6) is 0 Å². The summed E-state index contributed by atoms with van der Waals surface area (Å²) in [6, 6.07) is 0. The van der Waals surface area contributed by atoms with E-state index in [1.807, 2.05) is 0 Å². The second-order valence-corrected chi connectivity index (χ2v) is 10.7.